The average Bonchev–Trinajstić information content (AvgIpc) is 2.84. The molecule has 0 atom stereocenters. The maximum atomic E-state index is 11.2. The molecular formula is C13H13BrN2O3S. The number of hydrogen-bond acceptors (Lipinski definition) is 5. The van der Waals surface area contributed by atoms with Gasteiger partial charge in [0.1, 0.15) is 0 Å². The van der Waals surface area contributed by atoms with Gasteiger partial charge in [-0.2, -0.15) is 4.98 Å². The van der Waals surface area contributed by atoms with E-state index in [2.05, 4.69) is 26.1 Å². The van der Waals surface area contributed by atoms with Gasteiger partial charge in [-0.3, -0.25) is 0 Å². The summed E-state index contributed by atoms with van der Waals surface area (Å²) in [4.78, 5) is 16.1. The molecule has 0 saturated heterocycles. The summed E-state index contributed by atoms with van der Waals surface area (Å²) in [5, 5.41) is 13.0. The smallest absolute Gasteiger partial charge is 0.336 e. The normalized spacial score (nSPS) is 10.7. The fraction of sp³-hybridized carbons (Fsp3) is 0.308. The first-order valence-electron chi connectivity index (χ1n) is 6.07. The van der Waals surface area contributed by atoms with Gasteiger partial charge in [0.25, 0.3) is 0 Å². The first-order valence-corrected chi connectivity index (χ1v) is 7.85. The van der Waals surface area contributed by atoms with Gasteiger partial charge in [0.2, 0.25) is 5.89 Å². The van der Waals surface area contributed by atoms with Gasteiger partial charge in [0.05, 0.1) is 11.3 Å². The zero-order valence-electron chi connectivity index (χ0n) is 10.8. The molecule has 0 amide bonds. The Balaban J connectivity index is 2.09. The van der Waals surface area contributed by atoms with E-state index in [0.29, 0.717) is 22.4 Å². The van der Waals surface area contributed by atoms with Crippen LogP contribution in [0.25, 0.3) is 0 Å². The third-order valence-electron chi connectivity index (χ3n) is 2.51. The van der Waals surface area contributed by atoms with Crippen molar-refractivity contribution in [2.75, 3.05) is 0 Å². The van der Waals surface area contributed by atoms with Crippen molar-refractivity contribution in [2.24, 2.45) is 0 Å². The second kappa shape index (κ2) is 6.90. The van der Waals surface area contributed by atoms with Crippen molar-refractivity contribution < 1.29 is 14.4 Å². The van der Waals surface area contributed by atoms with E-state index in [1.165, 1.54) is 11.8 Å². The monoisotopic (exact) mass is 356 g/mol. The third kappa shape index (κ3) is 3.83. The Bertz CT molecular complexity index is 615. The maximum Gasteiger partial charge on any atom is 0.336 e. The largest absolute Gasteiger partial charge is 0.478 e. The Labute approximate surface area is 128 Å². The SMILES string of the molecule is CCCc1noc(CSc2cc(Br)ccc2C(=O)O)n1. The zero-order valence-corrected chi connectivity index (χ0v) is 13.2. The Hall–Kier alpha value is -1.34. The number of aromatic nitrogens is 2. The second-order valence-corrected chi connectivity index (χ2v) is 6.02. The number of halogens is 1. The summed E-state index contributed by atoms with van der Waals surface area (Å²) in [6, 6.07) is 5.06. The highest BCUT2D eigenvalue weighted by atomic mass is 79.9. The van der Waals surface area contributed by atoms with Crippen LogP contribution in [0.4, 0.5) is 0 Å². The summed E-state index contributed by atoms with van der Waals surface area (Å²) < 4.78 is 5.96. The van der Waals surface area contributed by atoms with Crippen LogP contribution in [-0.4, -0.2) is 21.2 Å². The van der Waals surface area contributed by atoms with Gasteiger partial charge >= 0.3 is 5.97 Å². The summed E-state index contributed by atoms with van der Waals surface area (Å²) in [6.07, 6.45) is 1.74. The van der Waals surface area contributed by atoms with Crippen molar-refractivity contribution in [2.45, 2.75) is 30.4 Å². The quantitative estimate of drug-likeness (QED) is 0.793. The molecule has 20 heavy (non-hydrogen) atoms. The topological polar surface area (TPSA) is 76.2 Å². The standard InChI is InChI=1S/C13H13BrN2O3S/c1-2-3-11-15-12(19-16-11)7-20-10-6-8(14)4-5-9(10)13(17)18/h4-6H,2-3,7H2,1H3,(H,17,18). The van der Waals surface area contributed by atoms with E-state index < -0.39 is 5.97 Å². The molecule has 0 unspecified atom stereocenters. The molecule has 1 aromatic heterocycles. The van der Waals surface area contributed by atoms with Crippen LogP contribution in [0.15, 0.2) is 32.1 Å². The number of aryl methyl sites for hydroxylation is 1. The van der Waals surface area contributed by atoms with E-state index in [4.69, 9.17) is 9.63 Å². The lowest BCUT2D eigenvalue weighted by molar-refractivity contribution is 0.0693. The van der Waals surface area contributed by atoms with E-state index in [1.54, 1.807) is 18.2 Å². The first-order chi connectivity index (χ1) is 9.60. The minimum absolute atomic E-state index is 0.270. The average molecular weight is 357 g/mol. The molecule has 0 aliphatic rings. The predicted molar refractivity (Wildman–Crippen MR) is 79.0 cm³/mol. The molecule has 1 heterocycles. The van der Waals surface area contributed by atoms with Gasteiger partial charge in [-0.25, -0.2) is 4.79 Å². The number of nitrogens with zero attached hydrogens (tertiary/aromatic N) is 2. The zero-order chi connectivity index (χ0) is 14.5. The molecule has 0 fully saturated rings. The van der Waals surface area contributed by atoms with Crippen LogP contribution >= 0.6 is 27.7 Å². The fourth-order valence-electron chi connectivity index (χ4n) is 1.61. The fourth-order valence-corrected chi connectivity index (χ4v) is 3.04. The molecule has 0 bridgehead atoms. The molecule has 7 heteroatoms. The number of hydrogen-bond donors (Lipinski definition) is 1. The van der Waals surface area contributed by atoms with E-state index >= 15 is 0 Å². The van der Waals surface area contributed by atoms with Crippen LogP contribution in [0.3, 0.4) is 0 Å². The molecule has 0 aliphatic heterocycles. The Morgan fingerprint density at radius 2 is 2.30 bits per heavy atom. The van der Waals surface area contributed by atoms with E-state index in [1.807, 2.05) is 6.92 Å². The van der Waals surface area contributed by atoms with E-state index in [-0.39, 0.29) is 5.56 Å². The van der Waals surface area contributed by atoms with Crippen LogP contribution in [0.2, 0.25) is 0 Å². The molecule has 5 nitrogen and oxygen atoms in total. The van der Waals surface area contributed by atoms with Crippen LogP contribution in [-0.2, 0) is 12.2 Å². The lowest BCUT2D eigenvalue weighted by Gasteiger charge is -2.04. The molecule has 1 N–H and O–H groups in total. The van der Waals surface area contributed by atoms with Crippen molar-refractivity contribution in [3.8, 4) is 0 Å². The van der Waals surface area contributed by atoms with Gasteiger partial charge in [-0.05, 0) is 24.6 Å². The highest BCUT2D eigenvalue weighted by Crippen LogP contribution is 2.29. The first kappa shape index (κ1) is 15.1. The van der Waals surface area contributed by atoms with E-state index in [0.717, 1.165) is 17.3 Å². The molecule has 2 aromatic rings. The third-order valence-corrected chi connectivity index (χ3v) is 4.04. The van der Waals surface area contributed by atoms with E-state index in [9.17, 15) is 4.79 Å². The van der Waals surface area contributed by atoms with Crippen LogP contribution in [0.5, 0.6) is 0 Å². The highest BCUT2D eigenvalue weighted by molar-refractivity contribution is 9.10. The number of carboxylic acid groups (broad SMARTS) is 1. The highest BCUT2D eigenvalue weighted by Gasteiger charge is 2.13. The van der Waals surface area contributed by atoms with Crippen LogP contribution in [0.1, 0.15) is 35.4 Å². The molecule has 2 rings (SSSR count). The van der Waals surface area contributed by atoms with Crippen molar-refractivity contribution in [1.82, 2.24) is 10.1 Å². The van der Waals surface area contributed by atoms with Crippen LogP contribution < -0.4 is 0 Å². The summed E-state index contributed by atoms with van der Waals surface area (Å²) in [5.74, 6) is 0.704. The molecule has 0 spiro atoms. The Morgan fingerprint density at radius 3 is 3.00 bits per heavy atom. The summed E-state index contributed by atoms with van der Waals surface area (Å²) in [6.45, 7) is 2.05. The number of aromatic carboxylic acids is 1. The molecule has 0 radical (unpaired) electrons. The summed E-state index contributed by atoms with van der Waals surface area (Å²) in [7, 11) is 0. The lowest BCUT2D eigenvalue weighted by atomic mass is 10.2. The maximum absolute atomic E-state index is 11.2. The van der Waals surface area contributed by atoms with Gasteiger partial charge in [0, 0.05) is 15.8 Å². The number of carbonyl (C=O) groups is 1. The van der Waals surface area contributed by atoms with Crippen molar-refractivity contribution in [1.29, 1.82) is 0 Å². The van der Waals surface area contributed by atoms with Crippen LogP contribution in [0, 0.1) is 0 Å². The Kier molecular flexibility index (Phi) is 5.19. The summed E-state index contributed by atoms with van der Waals surface area (Å²) >= 11 is 4.71. The number of benzene rings is 1. The number of carboxylic acids is 1. The van der Waals surface area contributed by atoms with Gasteiger partial charge in [-0.1, -0.05) is 28.0 Å². The second-order valence-electron chi connectivity index (χ2n) is 4.09. The van der Waals surface area contributed by atoms with Gasteiger partial charge in [-0.15, -0.1) is 11.8 Å². The predicted octanol–water partition coefficient (Wildman–Crippen LogP) is 3.78. The molecule has 0 aliphatic carbocycles. The van der Waals surface area contributed by atoms with Gasteiger partial charge < -0.3 is 9.63 Å². The lowest BCUT2D eigenvalue weighted by Crippen LogP contribution is -1.98. The molecule has 0 saturated carbocycles. The van der Waals surface area contributed by atoms with Crippen molar-refractivity contribution >= 4 is 33.7 Å². The minimum Gasteiger partial charge on any atom is -0.478 e. The molecule has 106 valence electrons. The molecular weight excluding hydrogens is 344 g/mol. The summed E-state index contributed by atoms with van der Waals surface area (Å²) in [5.41, 5.74) is 0.270. The van der Waals surface area contributed by atoms with Gasteiger partial charge in [0.15, 0.2) is 5.82 Å². The Morgan fingerprint density at radius 1 is 1.50 bits per heavy atom. The van der Waals surface area contributed by atoms with Crippen molar-refractivity contribution in [3.63, 3.8) is 0 Å². The minimum atomic E-state index is -0.947. The number of rotatable bonds is 6. The number of thioether (sulfide) groups is 1. The van der Waals surface area contributed by atoms with Crippen molar-refractivity contribution in [3.05, 3.63) is 40.0 Å². The molecule has 1 aromatic carbocycles.